The number of ether oxygens (including phenoxy) is 2. The van der Waals surface area contributed by atoms with Gasteiger partial charge in [-0.15, -0.1) is 0 Å². The van der Waals surface area contributed by atoms with Crippen LogP contribution in [0.25, 0.3) is 0 Å². The van der Waals surface area contributed by atoms with E-state index < -0.39 is 18.2 Å². The Hall–Kier alpha value is -5.16. The molecular formula is C54H92N10O8. The average Bonchev–Trinajstić information content (AvgIpc) is 3.26. The molecule has 0 spiro atoms. The van der Waals surface area contributed by atoms with Crippen LogP contribution in [0.4, 0.5) is 31.1 Å². The highest BCUT2D eigenvalue weighted by Gasteiger charge is 2.44. The van der Waals surface area contributed by atoms with E-state index in [0.29, 0.717) is 74.4 Å². The third-order valence-electron chi connectivity index (χ3n) is 15.5. The molecule has 2 aromatic rings. The van der Waals surface area contributed by atoms with Gasteiger partial charge in [0.05, 0.1) is 13.2 Å². The van der Waals surface area contributed by atoms with Crippen LogP contribution in [0.5, 0.6) is 0 Å². The lowest BCUT2D eigenvalue weighted by atomic mass is 9.62. The smallest absolute Gasteiger partial charge is 0.409 e. The van der Waals surface area contributed by atoms with Gasteiger partial charge in [0.15, 0.2) is 0 Å². The molecule has 9 atom stereocenters. The lowest BCUT2D eigenvalue weighted by Crippen LogP contribution is -2.51. The highest BCUT2D eigenvalue weighted by Crippen LogP contribution is 2.48. The fraction of sp³-hybridized carbons (Fsp3) is 0.778. The first-order chi connectivity index (χ1) is 33.7. The fourth-order valence-corrected chi connectivity index (χ4v) is 12.6. The van der Waals surface area contributed by atoms with Gasteiger partial charge < -0.3 is 30.3 Å². The summed E-state index contributed by atoms with van der Waals surface area (Å²) in [6, 6.07) is 1.58. The number of nitrogens with zero attached hydrogens (tertiary/aromatic N) is 3. The van der Waals surface area contributed by atoms with Crippen LogP contribution in [0.1, 0.15) is 172 Å². The van der Waals surface area contributed by atoms with Crippen molar-refractivity contribution in [1.29, 1.82) is 0 Å². The Labute approximate surface area is 429 Å². The van der Waals surface area contributed by atoms with Crippen molar-refractivity contribution in [3.05, 3.63) is 44.7 Å². The fourth-order valence-electron chi connectivity index (χ4n) is 12.6. The summed E-state index contributed by atoms with van der Waals surface area (Å²) in [5.74, 6) is 2.70. The molecule has 2 saturated carbocycles. The molecular weight excluding hydrogens is 917 g/mol. The lowest BCUT2D eigenvalue weighted by Gasteiger charge is -2.48. The van der Waals surface area contributed by atoms with Crippen molar-refractivity contribution in [2.45, 2.75) is 185 Å². The summed E-state index contributed by atoms with van der Waals surface area (Å²) in [5, 5.41) is 14.2. The van der Waals surface area contributed by atoms with Gasteiger partial charge in [-0.3, -0.25) is 30.2 Å². The minimum atomic E-state index is -0.457. The molecule has 2 fully saturated rings. The number of amides is 6. The first-order valence-electron chi connectivity index (χ1n) is 26.8. The van der Waals surface area contributed by atoms with Crippen molar-refractivity contribution in [2.75, 3.05) is 44.0 Å². The molecule has 6 amide bonds. The van der Waals surface area contributed by atoms with Gasteiger partial charge in [-0.25, -0.2) is 29.1 Å². The van der Waals surface area contributed by atoms with E-state index in [2.05, 4.69) is 123 Å². The molecule has 9 unspecified atom stereocenters. The highest BCUT2D eigenvalue weighted by atomic mass is 16.6. The summed E-state index contributed by atoms with van der Waals surface area (Å²) in [6.07, 6.45) is 13.5. The predicted molar refractivity (Wildman–Crippen MR) is 284 cm³/mol. The Bertz CT molecular complexity index is 2200. The molecule has 2 aromatic heterocycles. The van der Waals surface area contributed by atoms with Gasteiger partial charge >= 0.3 is 24.2 Å². The van der Waals surface area contributed by atoms with E-state index in [1.807, 2.05) is 7.05 Å². The molecule has 2 heterocycles. The minimum absolute atomic E-state index is 0.0498. The topological polar surface area (TPSA) is 242 Å². The van der Waals surface area contributed by atoms with Gasteiger partial charge in [-0.1, -0.05) is 95.4 Å². The van der Waals surface area contributed by atoms with Crippen LogP contribution in [-0.4, -0.2) is 94.5 Å². The quantitative estimate of drug-likeness (QED) is 0.0525. The second-order valence-electron chi connectivity index (χ2n) is 24.2. The van der Waals surface area contributed by atoms with Crippen LogP contribution in [-0.2, 0) is 9.47 Å². The van der Waals surface area contributed by atoms with Crippen LogP contribution in [0.2, 0.25) is 0 Å². The Morgan fingerprint density at radius 2 is 1.32 bits per heavy atom. The lowest BCUT2D eigenvalue weighted by molar-refractivity contribution is 0.0195. The molecule has 7 N–H and O–H groups in total. The zero-order valence-electron chi connectivity index (χ0n) is 46.1. The monoisotopic (exact) mass is 1010 g/mol. The predicted octanol–water partition coefficient (Wildman–Crippen LogP) is 10.4. The molecule has 0 radical (unpaired) electrons. The third-order valence-corrected chi connectivity index (χ3v) is 15.5. The number of nitrogens with one attached hydrogen (secondary N) is 7. The van der Waals surface area contributed by atoms with Crippen LogP contribution in [0, 0.1) is 58.2 Å². The molecule has 406 valence electrons. The van der Waals surface area contributed by atoms with Crippen molar-refractivity contribution in [2.24, 2.45) is 51.2 Å². The maximum absolute atomic E-state index is 13.5. The van der Waals surface area contributed by atoms with E-state index in [0.717, 1.165) is 77.0 Å². The van der Waals surface area contributed by atoms with E-state index in [1.165, 1.54) is 18.3 Å². The number of aromatic nitrogens is 4. The first kappa shape index (κ1) is 59.4. The molecule has 0 aromatic carbocycles. The second kappa shape index (κ2) is 26.7. The number of carbonyl (C=O) groups excluding carboxylic acids is 4. The third kappa shape index (κ3) is 20.0. The molecule has 0 saturated heterocycles. The molecule has 0 aliphatic heterocycles. The highest BCUT2D eigenvalue weighted by molar-refractivity contribution is 5.87. The number of urea groups is 2. The van der Waals surface area contributed by atoms with Gasteiger partial charge in [-0.05, 0) is 129 Å². The molecule has 2 aliphatic rings. The molecule has 4 rings (SSSR count). The van der Waals surface area contributed by atoms with E-state index in [9.17, 15) is 28.8 Å². The zero-order valence-corrected chi connectivity index (χ0v) is 46.1. The summed E-state index contributed by atoms with van der Waals surface area (Å²) in [7, 11) is 1.83. The van der Waals surface area contributed by atoms with Crippen molar-refractivity contribution >= 4 is 36.1 Å². The number of carbonyl (C=O) groups is 4. The van der Waals surface area contributed by atoms with E-state index in [4.69, 9.17) is 9.47 Å². The van der Waals surface area contributed by atoms with Gasteiger partial charge in [0, 0.05) is 56.2 Å². The number of H-pyrrole nitrogens is 2. The number of rotatable bonds is 24. The van der Waals surface area contributed by atoms with Crippen LogP contribution in [0.15, 0.2) is 27.9 Å². The summed E-state index contributed by atoms with van der Waals surface area (Å²) in [5.41, 5.74) is -0.858. The van der Waals surface area contributed by atoms with E-state index in [-0.39, 0.29) is 62.9 Å². The molecule has 18 nitrogen and oxygen atoms in total. The van der Waals surface area contributed by atoms with Crippen molar-refractivity contribution < 1.29 is 28.7 Å². The first-order valence-corrected chi connectivity index (χ1v) is 26.8. The van der Waals surface area contributed by atoms with Crippen molar-refractivity contribution in [1.82, 2.24) is 40.8 Å². The SMILES string of the molecule is CCC(CCOC(=O)N(C)C1CC(C)(C)CC(C)(CNC(=O)Nc2nc(C)cc(=O)[nH]2)C1)CC(C)CC(CC)C(C)CC(CC)CCOC(=O)NC1CC(C)(C)CC(C)(CNC(=O)Nc2nccc(=O)[nH]2)C1. The minimum Gasteiger partial charge on any atom is -0.450 e. The van der Waals surface area contributed by atoms with Gasteiger partial charge in [0.1, 0.15) is 0 Å². The summed E-state index contributed by atoms with van der Waals surface area (Å²) < 4.78 is 11.7. The largest absolute Gasteiger partial charge is 0.450 e. The Morgan fingerprint density at radius 1 is 0.750 bits per heavy atom. The van der Waals surface area contributed by atoms with Crippen molar-refractivity contribution in [3.63, 3.8) is 0 Å². The molecule has 2 aliphatic carbocycles. The molecule has 72 heavy (non-hydrogen) atoms. The number of alkyl carbamates (subject to hydrolysis) is 1. The van der Waals surface area contributed by atoms with E-state index in [1.54, 1.807) is 11.8 Å². The van der Waals surface area contributed by atoms with Gasteiger partial charge in [0.25, 0.3) is 11.1 Å². The van der Waals surface area contributed by atoms with E-state index >= 15 is 0 Å². The van der Waals surface area contributed by atoms with Crippen molar-refractivity contribution in [3.8, 4) is 0 Å². The summed E-state index contributed by atoms with van der Waals surface area (Å²) in [4.78, 5) is 90.4. The van der Waals surface area contributed by atoms with Gasteiger partial charge in [0.2, 0.25) is 11.9 Å². The van der Waals surface area contributed by atoms with Crippen LogP contribution >= 0.6 is 0 Å². The molecule has 18 heteroatoms. The zero-order chi connectivity index (χ0) is 53.4. The van der Waals surface area contributed by atoms with Crippen LogP contribution in [0.3, 0.4) is 0 Å². The number of aromatic amines is 2. The average molecular weight is 1010 g/mol. The Balaban J connectivity index is 1.16. The van der Waals surface area contributed by atoms with Crippen LogP contribution < -0.4 is 37.7 Å². The second-order valence-corrected chi connectivity index (χ2v) is 24.2. The number of hydrogen-bond acceptors (Lipinski definition) is 10. The Kier molecular flexibility index (Phi) is 22.0. The van der Waals surface area contributed by atoms with Gasteiger partial charge in [-0.2, -0.15) is 0 Å². The number of hydrogen-bond donors (Lipinski definition) is 7. The number of anilines is 2. The maximum atomic E-state index is 13.5. The summed E-state index contributed by atoms with van der Waals surface area (Å²) in [6.45, 7) is 27.7. The molecule has 0 bridgehead atoms. The Morgan fingerprint density at radius 3 is 1.92 bits per heavy atom. The normalized spacial score (nSPS) is 23.5. The maximum Gasteiger partial charge on any atom is 0.409 e. The number of aryl methyl sites for hydroxylation is 1. The summed E-state index contributed by atoms with van der Waals surface area (Å²) >= 11 is 0. The standard InChI is InChI=1S/C54H92N10O8/c1-14-38(19-22-72-50(70)64(13)42-29-52(9,10)32-54(12,30-42)34-57-48(68)63-46-58-37(6)26-44(66)61-46)23-35(4)24-40(16-3)36(5)25-39(15-2)18-21-71-49(69)59-41-27-51(7,8)31-53(11,28-41)33-56-47(67)62-45-55-20-17-43(65)60-45/h17,20,26,35-36,38-42H,14-16,18-19,21-25,27-34H2,1-13H3,(H,59,69)(H3,55,56,60,62,65,67)(H3,57,58,61,63,66,68).